The van der Waals surface area contributed by atoms with Gasteiger partial charge < -0.3 is 9.47 Å². The van der Waals surface area contributed by atoms with Gasteiger partial charge in [0.2, 0.25) is 6.79 Å². The maximum Gasteiger partial charge on any atom is 0.270 e. The van der Waals surface area contributed by atoms with E-state index in [-0.39, 0.29) is 24.1 Å². The van der Waals surface area contributed by atoms with Gasteiger partial charge in [0.1, 0.15) is 0 Å². The Morgan fingerprint density at radius 3 is 2.75 bits per heavy atom. The van der Waals surface area contributed by atoms with Crippen LogP contribution in [0.2, 0.25) is 0 Å². The van der Waals surface area contributed by atoms with E-state index < -0.39 is 4.92 Å². The normalized spacial score (nSPS) is 12.1. The number of nitro benzene ring substituents is 1. The number of fused-ring (bicyclic) bond motifs is 1. The van der Waals surface area contributed by atoms with Gasteiger partial charge >= 0.3 is 0 Å². The number of para-hydroxylation sites is 1. The van der Waals surface area contributed by atoms with Crippen molar-refractivity contribution in [2.75, 3.05) is 12.5 Å². The minimum atomic E-state index is -0.461. The molecular weight excluding hydrogens is 484 g/mol. The fourth-order valence-electron chi connectivity index (χ4n) is 3.45. The molecule has 11 nitrogen and oxygen atoms in total. The van der Waals surface area contributed by atoms with E-state index in [1.54, 1.807) is 34.9 Å². The molecule has 1 amide bonds. The zero-order valence-corrected chi connectivity index (χ0v) is 19.4. The van der Waals surface area contributed by atoms with E-state index in [4.69, 9.17) is 9.47 Å². The molecule has 36 heavy (non-hydrogen) atoms. The van der Waals surface area contributed by atoms with Crippen LogP contribution in [0.4, 0.5) is 5.69 Å². The first-order valence-corrected chi connectivity index (χ1v) is 11.7. The number of carbonyl (C=O) groups is 1. The van der Waals surface area contributed by atoms with Gasteiger partial charge in [-0.1, -0.05) is 42.1 Å². The average molecular weight is 503 g/mol. The fourth-order valence-corrected chi connectivity index (χ4v) is 4.20. The van der Waals surface area contributed by atoms with Crippen molar-refractivity contribution in [1.82, 2.24) is 20.2 Å². The number of non-ortho nitro benzene ring substituents is 1. The van der Waals surface area contributed by atoms with E-state index in [0.29, 0.717) is 28.0 Å². The predicted octanol–water partition coefficient (Wildman–Crippen LogP) is 3.81. The lowest BCUT2D eigenvalue weighted by atomic mass is 10.2. The fraction of sp³-hybridized carbons (Fsp3) is 0.0833. The maximum absolute atomic E-state index is 12.4. The van der Waals surface area contributed by atoms with E-state index in [2.05, 4.69) is 20.7 Å². The van der Waals surface area contributed by atoms with Gasteiger partial charge in [-0.3, -0.25) is 19.5 Å². The largest absolute Gasteiger partial charge is 0.454 e. The average Bonchev–Trinajstić information content (AvgIpc) is 3.55. The summed E-state index contributed by atoms with van der Waals surface area (Å²) < 4.78 is 12.4. The van der Waals surface area contributed by atoms with E-state index >= 15 is 0 Å². The van der Waals surface area contributed by atoms with Crippen LogP contribution in [-0.4, -0.2) is 44.4 Å². The summed E-state index contributed by atoms with van der Waals surface area (Å²) in [5, 5.41) is 24.2. The number of amides is 1. The molecule has 12 heteroatoms. The third-order valence-electron chi connectivity index (χ3n) is 5.09. The predicted molar refractivity (Wildman–Crippen MR) is 132 cm³/mol. The molecule has 0 radical (unpaired) electrons. The number of aromatic nitrogens is 3. The van der Waals surface area contributed by atoms with Crippen LogP contribution in [0, 0.1) is 10.1 Å². The third-order valence-corrected chi connectivity index (χ3v) is 6.02. The number of carbonyl (C=O) groups excluding carboxylic acids is 1. The summed E-state index contributed by atoms with van der Waals surface area (Å²) in [7, 11) is 0. The standard InChI is InChI=1S/C24H18N6O5S/c31-22(26-25-13-16-9-10-20-21(11-16)35-15-34-20)14-36-24-28-27-23(29(24)18-6-2-1-3-7-18)17-5-4-8-19(12-17)30(32)33/h1-13H,14-15H2,(H,26,31)/b25-13+. The third kappa shape index (κ3) is 5.03. The van der Waals surface area contributed by atoms with Crippen LogP contribution in [0.3, 0.4) is 0 Å². The molecule has 1 aromatic heterocycles. The lowest BCUT2D eigenvalue weighted by Crippen LogP contribution is -2.20. The Bertz CT molecular complexity index is 1460. The van der Waals surface area contributed by atoms with Gasteiger partial charge in [0.25, 0.3) is 11.6 Å². The number of ether oxygens (including phenoxy) is 2. The number of nitrogens with one attached hydrogen (secondary N) is 1. The topological polar surface area (TPSA) is 134 Å². The van der Waals surface area contributed by atoms with Crippen LogP contribution in [0.5, 0.6) is 11.5 Å². The molecule has 3 aromatic carbocycles. The monoisotopic (exact) mass is 502 g/mol. The first-order chi connectivity index (χ1) is 17.6. The Hall–Kier alpha value is -4.71. The van der Waals surface area contributed by atoms with Gasteiger partial charge in [0.15, 0.2) is 22.5 Å². The highest BCUT2D eigenvalue weighted by Gasteiger charge is 2.19. The SMILES string of the molecule is O=C(CSc1nnc(-c2cccc([N+](=O)[O-])c2)n1-c1ccccc1)N/N=C/c1ccc2c(c1)OCO2. The molecule has 1 aliphatic rings. The van der Waals surface area contributed by atoms with E-state index in [1.807, 2.05) is 30.3 Å². The number of nitro groups is 1. The van der Waals surface area contributed by atoms with Crippen LogP contribution in [-0.2, 0) is 4.79 Å². The number of hydrogen-bond acceptors (Lipinski definition) is 9. The lowest BCUT2D eigenvalue weighted by Gasteiger charge is -2.10. The second-order valence-electron chi connectivity index (χ2n) is 7.48. The number of hydrogen-bond donors (Lipinski definition) is 1. The zero-order chi connectivity index (χ0) is 24.9. The molecule has 1 N–H and O–H groups in total. The van der Waals surface area contributed by atoms with Crippen LogP contribution in [0.1, 0.15) is 5.56 Å². The van der Waals surface area contributed by atoms with Crippen molar-refractivity contribution in [3.63, 3.8) is 0 Å². The Balaban J connectivity index is 1.31. The minimum Gasteiger partial charge on any atom is -0.454 e. The smallest absolute Gasteiger partial charge is 0.270 e. The van der Waals surface area contributed by atoms with Gasteiger partial charge in [-0.15, -0.1) is 10.2 Å². The van der Waals surface area contributed by atoms with Crippen molar-refractivity contribution in [2.45, 2.75) is 5.16 Å². The molecule has 1 aliphatic heterocycles. The van der Waals surface area contributed by atoms with Crippen molar-refractivity contribution in [1.29, 1.82) is 0 Å². The molecule has 0 spiro atoms. The zero-order valence-electron chi connectivity index (χ0n) is 18.6. The summed E-state index contributed by atoms with van der Waals surface area (Å²) in [4.78, 5) is 23.2. The van der Waals surface area contributed by atoms with Crippen molar-refractivity contribution < 1.29 is 19.2 Å². The van der Waals surface area contributed by atoms with Gasteiger partial charge in [0.05, 0.1) is 16.9 Å². The van der Waals surface area contributed by atoms with Crippen molar-refractivity contribution in [3.05, 3.63) is 88.5 Å². The molecular formula is C24H18N6O5S. The Morgan fingerprint density at radius 1 is 1.08 bits per heavy atom. The highest BCUT2D eigenvalue weighted by atomic mass is 32.2. The van der Waals surface area contributed by atoms with Crippen LogP contribution in [0.15, 0.2) is 83.1 Å². The molecule has 0 aliphatic carbocycles. The summed E-state index contributed by atoms with van der Waals surface area (Å²) in [6.45, 7) is 0.181. The number of thioether (sulfide) groups is 1. The molecule has 4 aromatic rings. The van der Waals surface area contributed by atoms with Gasteiger partial charge in [0, 0.05) is 23.4 Å². The van der Waals surface area contributed by atoms with Gasteiger partial charge in [-0.25, -0.2) is 5.43 Å². The van der Waals surface area contributed by atoms with Crippen LogP contribution in [0.25, 0.3) is 17.1 Å². The van der Waals surface area contributed by atoms with Crippen molar-refractivity contribution in [2.24, 2.45) is 5.10 Å². The van der Waals surface area contributed by atoms with E-state index in [1.165, 1.54) is 30.1 Å². The maximum atomic E-state index is 12.4. The molecule has 5 rings (SSSR count). The minimum absolute atomic E-state index is 0.0262. The Labute approximate surface area is 208 Å². The number of hydrazone groups is 1. The molecule has 0 saturated carbocycles. The molecule has 180 valence electrons. The quantitative estimate of drug-likeness (QED) is 0.166. The van der Waals surface area contributed by atoms with Gasteiger partial charge in [-0.05, 0) is 35.9 Å². The van der Waals surface area contributed by atoms with E-state index in [9.17, 15) is 14.9 Å². The van der Waals surface area contributed by atoms with Crippen LogP contribution < -0.4 is 14.9 Å². The molecule has 0 atom stereocenters. The molecule has 2 heterocycles. The first-order valence-electron chi connectivity index (χ1n) is 10.7. The second-order valence-corrected chi connectivity index (χ2v) is 8.42. The molecule has 0 unspecified atom stereocenters. The summed E-state index contributed by atoms with van der Waals surface area (Å²) in [6.07, 6.45) is 1.51. The van der Waals surface area contributed by atoms with Crippen molar-refractivity contribution >= 4 is 29.6 Å². The highest BCUT2D eigenvalue weighted by Crippen LogP contribution is 2.32. The van der Waals surface area contributed by atoms with Crippen molar-refractivity contribution in [3.8, 4) is 28.6 Å². The highest BCUT2D eigenvalue weighted by molar-refractivity contribution is 7.99. The second kappa shape index (κ2) is 10.3. The summed E-state index contributed by atoms with van der Waals surface area (Å²) >= 11 is 1.17. The molecule has 0 fully saturated rings. The summed E-state index contributed by atoms with van der Waals surface area (Å²) in [5.41, 5.74) is 4.48. The van der Waals surface area contributed by atoms with E-state index in [0.717, 1.165) is 11.3 Å². The number of nitrogens with zero attached hydrogens (tertiary/aromatic N) is 5. The number of benzene rings is 3. The van der Waals surface area contributed by atoms with Crippen LogP contribution >= 0.6 is 11.8 Å². The Kier molecular flexibility index (Phi) is 6.58. The molecule has 0 saturated heterocycles. The summed E-state index contributed by atoms with van der Waals surface area (Å²) in [5.74, 6) is 1.41. The number of rotatable bonds is 8. The Morgan fingerprint density at radius 2 is 1.92 bits per heavy atom. The molecule has 0 bridgehead atoms. The summed E-state index contributed by atoms with van der Waals surface area (Å²) in [6, 6.07) is 20.8. The van der Waals surface area contributed by atoms with Gasteiger partial charge in [-0.2, -0.15) is 5.10 Å². The first kappa shape index (κ1) is 23.1. The lowest BCUT2D eigenvalue weighted by molar-refractivity contribution is -0.384.